The van der Waals surface area contributed by atoms with E-state index >= 15 is 0 Å². The first kappa shape index (κ1) is 15.1. The van der Waals surface area contributed by atoms with Crippen molar-refractivity contribution in [2.75, 3.05) is 18.4 Å². The molecule has 6 nitrogen and oxygen atoms in total. The van der Waals surface area contributed by atoms with Crippen molar-refractivity contribution >= 4 is 11.6 Å². The number of aryl methyl sites for hydroxylation is 1. The van der Waals surface area contributed by atoms with E-state index in [1.165, 1.54) is 43.4 Å². The normalized spacial score (nSPS) is 15.2. The molecular formula is C18H22N6. The van der Waals surface area contributed by atoms with Crippen molar-refractivity contribution in [1.82, 2.24) is 24.5 Å². The molecule has 0 atom stereocenters. The molecule has 0 saturated carbocycles. The molecule has 24 heavy (non-hydrogen) atoms. The van der Waals surface area contributed by atoms with E-state index in [-0.39, 0.29) is 0 Å². The Kier molecular flexibility index (Phi) is 4.13. The van der Waals surface area contributed by atoms with Crippen molar-refractivity contribution in [1.29, 1.82) is 0 Å². The highest BCUT2D eigenvalue weighted by molar-refractivity contribution is 5.45. The van der Waals surface area contributed by atoms with Gasteiger partial charge in [-0.15, -0.1) is 0 Å². The molecular weight excluding hydrogens is 300 g/mol. The molecule has 1 aliphatic heterocycles. The Bertz CT molecular complexity index is 817. The molecule has 3 heterocycles. The smallest absolute Gasteiger partial charge is 0.254 e. The number of anilines is 1. The molecule has 6 heteroatoms. The minimum absolute atomic E-state index is 0.624. The summed E-state index contributed by atoms with van der Waals surface area (Å²) >= 11 is 0. The zero-order valence-corrected chi connectivity index (χ0v) is 13.9. The maximum Gasteiger partial charge on any atom is 0.254 e. The molecule has 4 rings (SSSR count). The standard InChI is InChI=1S/C18H22N6/c1-14-10-17(24-18(22-14)20-13-21-24)19-11-15-4-6-16(7-5-15)12-23-8-2-3-9-23/h4-7,10,13,19H,2-3,8-9,11-12H2,1H3. The molecule has 1 saturated heterocycles. The van der Waals surface area contributed by atoms with Crippen LogP contribution >= 0.6 is 0 Å². The minimum Gasteiger partial charge on any atom is -0.366 e. The Morgan fingerprint density at radius 3 is 2.62 bits per heavy atom. The van der Waals surface area contributed by atoms with Gasteiger partial charge in [0.2, 0.25) is 0 Å². The molecule has 1 fully saturated rings. The zero-order chi connectivity index (χ0) is 16.4. The van der Waals surface area contributed by atoms with Gasteiger partial charge in [0.15, 0.2) is 0 Å². The SMILES string of the molecule is Cc1cc(NCc2ccc(CN3CCCC3)cc2)n2ncnc2n1. The number of hydrogen-bond donors (Lipinski definition) is 1. The van der Waals surface area contributed by atoms with Crippen molar-refractivity contribution < 1.29 is 0 Å². The molecule has 0 radical (unpaired) electrons. The fourth-order valence-corrected chi connectivity index (χ4v) is 3.21. The van der Waals surface area contributed by atoms with Crippen molar-refractivity contribution in [3.8, 4) is 0 Å². The zero-order valence-electron chi connectivity index (χ0n) is 13.9. The molecule has 1 N–H and O–H groups in total. The molecule has 0 aliphatic carbocycles. The van der Waals surface area contributed by atoms with E-state index in [4.69, 9.17) is 0 Å². The third-order valence-corrected chi connectivity index (χ3v) is 4.48. The third-order valence-electron chi connectivity index (χ3n) is 4.48. The van der Waals surface area contributed by atoms with E-state index < -0.39 is 0 Å². The predicted molar refractivity (Wildman–Crippen MR) is 93.8 cm³/mol. The number of nitrogens with zero attached hydrogens (tertiary/aromatic N) is 5. The lowest BCUT2D eigenvalue weighted by Crippen LogP contribution is -2.18. The monoisotopic (exact) mass is 322 g/mol. The molecule has 0 spiro atoms. The summed E-state index contributed by atoms with van der Waals surface area (Å²) in [4.78, 5) is 11.0. The van der Waals surface area contributed by atoms with Crippen LogP contribution in [0.4, 0.5) is 5.82 Å². The van der Waals surface area contributed by atoms with E-state index in [9.17, 15) is 0 Å². The Morgan fingerprint density at radius 1 is 1.08 bits per heavy atom. The van der Waals surface area contributed by atoms with Gasteiger partial charge in [-0.3, -0.25) is 4.90 Å². The number of aromatic nitrogens is 4. The number of rotatable bonds is 5. The van der Waals surface area contributed by atoms with Crippen molar-refractivity contribution in [3.63, 3.8) is 0 Å². The Hall–Kier alpha value is -2.47. The lowest BCUT2D eigenvalue weighted by molar-refractivity contribution is 0.331. The van der Waals surface area contributed by atoms with E-state index in [2.05, 4.69) is 49.5 Å². The summed E-state index contributed by atoms with van der Waals surface area (Å²) in [6.07, 6.45) is 4.20. The van der Waals surface area contributed by atoms with Crippen LogP contribution in [0, 0.1) is 6.92 Å². The first-order valence-corrected chi connectivity index (χ1v) is 8.49. The molecule has 0 bridgehead atoms. The lowest BCUT2D eigenvalue weighted by Gasteiger charge is -2.15. The van der Waals surface area contributed by atoms with Gasteiger partial charge in [-0.1, -0.05) is 24.3 Å². The second-order valence-electron chi connectivity index (χ2n) is 6.41. The fraction of sp³-hybridized carbons (Fsp3) is 0.389. The maximum absolute atomic E-state index is 4.36. The van der Waals surface area contributed by atoms with Crippen LogP contribution < -0.4 is 5.32 Å². The number of hydrogen-bond acceptors (Lipinski definition) is 5. The number of fused-ring (bicyclic) bond motifs is 1. The summed E-state index contributed by atoms with van der Waals surface area (Å²) in [5.41, 5.74) is 3.57. The molecule has 0 amide bonds. The van der Waals surface area contributed by atoms with Gasteiger partial charge in [-0.05, 0) is 44.0 Å². The van der Waals surface area contributed by atoms with Crippen molar-refractivity contribution in [3.05, 3.63) is 53.5 Å². The number of likely N-dealkylation sites (tertiary alicyclic amines) is 1. The summed E-state index contributed by atoms with van der Waals surface area (Å²) in [6.45, 7) is 6.25. The average Bonchev–Trinajstić information content (AvgIpc) is 3.25. The highest BCUT2D eigenvalue weighted by Gasteiger charge is 2.11. The van der Waals surface area contributed by atoms with Crippen molar-refractivity contribution in [2.45, 2.75) is 32.9 Å². The van der Waals surface area contributed by atoms with Crippen LogP contribution in [-0.2, 0) is 13.1 Å². The van der Waals surface area contributed by atoms with E-state index in [0.29, 0.717) is 5.78 Å². The van der Waals surface area contributed by atoms with Gasteiger partial charge in [-0.25, -0.2) is 4.98 Å². The van der Waals surface area contributed by atoms with Gasteiger partial charge in [-0.2, -0.15) is 14.6 Å². The highest BCUT2D eigenvalue weighted by atomic mass is 15.3. The summed E-state index contributed by atoms with van der Waals surface area (Å²) in [5.74, 6) is 1.54. The van der Waals surface area contributed by atoms with E-state index in [0.717, 1.165) is 24.6 Å². The average molecular weight is 322 g/mol. The topological polar surface area (TPSA) is 58.4 Å². The molecule has 1 aromatic carbocycles. The van der Waals surface area contributed by atoms with E-state index in [1.54, 1.807) is 4.52 Å². The molecule has 2 aromatic heterocycles. The fourth-order valence-electron chi connectivity index (χ4n) is 3.21. The van der Waals surface area contributed by atoms with Crippen LogP contribution in [0.3, 0.4) is 0 Å². The first-order valence-electron chi connectivity index (χ1n) is 8.49. The van der Waals surface area contributed by atoms with Crippen LogP contribution in [0.2, 0.25) is 0 Å². The summed E-state index contributed by atoms with van der Waals surface area (Å²) < 4.78 is 1.73. The second kappa shape index (κ2) is 6.57. The molecule has 0 unspecified atom stereocenters. The van der Waals surface area contributed by atoms with Gasteiger partial charge >= 0.3 is 0 Å². The largest absolute Gasteiger partial charge is 0.366 e. The first-order chi connectivity index (χ1) is 11.8. The van der Waals surface area contributed by atoms with Crippen LogP contribution in [0.5, 0.6) is 0 Å². The van der Waals surface area contributed by atoms with Gasteiger partial charge in [0.25, 0.3) is 5.78 Å². The minimum atomic E-state index is 0.624. The quantitative estimate of drug-likeness (QED) is 0.782. The van der Waals surface area contributed by atoms with Crippen LogP contribution in [0.15, 0.2) is 36.7 Å². The van der Waals surface area contributed by atoms with Gasteiger partial charge in [0.1, 0.15) is 12.1 Å². The molecule has 1 aliphatic rings. The second-order valence-corrected chi connectivity index (χ2v) is 6.41. The van der Waals surface area contributed by atoms with Gasteiger partial charge in [0.05, 0.1) is 0 Å². The lowest BCUT2D eigenvalue weighted by atomic mass is 10.1. The van der Waals surface area contributed by atoms with Crippen LogP contribution in [-0.4, -0.2) is 37.6 Å². The molecule has 3 aromatic rings. The van der Waals surface area contributed by atoms with E-state index in [1.807, 2.05) is 13.0 Å². The molecule has 124 valence electrons. The van der Waals surface area contributed by atoms with Crippen LogP contribution in [0.25, 0.3) is 5.78 Å². The van der Waals surface area contributed by atoms with Crippen molar-refractivity contribution in [2.24, 2.45) is 0 Å². The third kappa shape index (κ3) is 3.23. The summed E-state index contributed by atoms with van der Waals surface area (Å²) in [7, 11) is 0. The van der Waals surface area contributed by atoms with Gasteiger partial charge < -0.3 is 5.32 Å². The number of benzene rings is 1. The summed E-state index contributed by atoms with van der Waals surface area (Å²) in [6, 6.07) is 10.9. The highest BCUT2D eigenvalue weighted by Crippen LogP contribution is 2.15. The Morgan fingerprint density at radius 2 is 1.83 bits per heavy atom. The maximum atomic E-state index is 4.36. The van der Waals surface area contributed by atoms with Gasteiger partial charge in [0, 0.05) is 24.8 Å². The summed E-state index contributed by atoms with van der Waals surface area (Å²) in [5, 5.41) is 7.65. The number of nitrogens with one attached hydrogen (secondary N) is 1. The van der Waals surface area contributed by atoms with Crippen LogP contribution in [0.1, 0.15) is 29.7 Å². The Labute approximate surface area is 141 Å². The predicted octanol–water partition coefficient (Wildman–Crippen LogP) is 2.64. The Balaban J connectivity index is 1.42.